The average Bonchev–Trinajstić information content (AvgIpc) is 2.03. The van der Waals surface area contributed by atoms with E-state index in [9.17, 15) is 14.4 Å². The highest BCUT2D eigenvalue weighted by Gasteiger charge is 2.36. The summed E-state index contributed by atoms with van der Waals surface area (Å²) in [5.41, 5.74) is 0. The lowest BCUT2D eigenvalue weighted by atomic mass is 10.3. The number of amides is 1. The lowest BCUT2D eigenvalue weighted by molar-refractivity contribution is -0.144. The first kappa shape index (κ1) is 9.85. The van der Waals surface area contributed by atoms with Crippen LogP contribution in [0.1, 0.15) is 0 Å². The van der Waals surface area contributed by atoms with Crippen molar-refractivity contribution in [2.45, 2.75) is 11.3 Å². The van der Waals surface area contributed by atoms with E-state index in [1.54, 1.807) is 0 Å². The predicted molar refractivity (Wildman–Crippen MR) is 43.4 cm³/mol. The van der Waals surface area contributed by atoms with Crippen LogP contribution in [0.15, 0.2) is 0 Å². The molecule has 1 aliphatic heterocycles. The van der Waals surface area contributed by atoms with Gasteiger partial charge in [-0.25, -0.2) is 4.79 Å². The van der Waals surface area contributed by atoms with Crippen molar-refractivity contribution in [1.82, 2.24) is 5.32 Å². The van der Waals surface area contributed by atoms with Crippen LogP contribution in [0.5, 0.6) is 0 Å². The fraction of sp³-hybridized carbons (Fsp3) is 0.500. The molecule has 0 saturated carbocycles. The Morgan fingerprint density at radius 3 is 2.38 bits per heavy atom. The molecule has 0 spiro atoms. The van der Waals surface area contributed by atoms with Gasteiger partial charge in [0.15, 0.2) is 5.25 Å². The molecule has 7 heteroatoms. The van der Waals surface area contributed by atoms with Gasteiger partial charge in [-0.05, 0) is 0 Å². The number of rotatable bonds is 2. The van der Waals surface area contributed by atoms with Crippen LogP contribution in [0.2, 0.25) is 0 Å². The number of aliphatic carboxylic acids is 2. The predicted octanol–water partition coefficient (Wildman–Crippen LogP) is -1.24. The Morgan fingerprint density at radius 2 is 2.00 bits per heavy atom. The lowest BCUT2D eigenvalue weighted by Gasteiger charge is -2.23. The molecule has 1 rings (SSSR count). The van der Waals surface area contributed by atoms with E-state index in [1.165, 1.54) is 0 Å². The molecule has 1 heterocycles. The molecule has 2 atom stereocenters. The molecule has 1 amide bonds. The van der Waals surface area contributed by atoms with Crippen LogP contribution in [-0.4, -0.2) is 45.1 Å². The Bertz CT molecular complexity index is 266. The summed E-state index contributed by atoms with van der Waals surface area (Å²) in [7, 11) is 0. The second-order valence-electron chi connectivity index (χ2n) is 2.45. The number of hydrogen-bond donors (Lipinski definition) is 3. The van der Waals surface area contributed by atoms with Gasteiger partial charge in [-0.1, -0.05) is 0 Å². The maximum Gasteiger partial charge on any atom is 0.327 e. The normalized spacial score (nSPS) is 27.8. The standard InChI is InChI=1S/C6H7NO5S/c8-4-3(6(11)12)13-1-2(7-4)5(9)10/h2-3H,1H2,(H,7,8)(H,9,10)(H,11,12). The first-order valence-electron chi connectivity index (χ1n) is 3.40. The van der Waals surface area contributed by atoms with Gasteiger partial charge in [-0.15, -0.1) is 11.8 Å². The molecule has 2 unspecified atom stereocenters. The van der Waals surface area contributed by atoms with E-state index < -0.39 is 29.1 Å². The van der Waals surface area contributed by atoms with Gasteiger partial charge >= 0.3 is 11.9 Å². The minimum Gasteiger partial charge on any atom is -0.480 e. The summed E-state index contributed by atoms with van der Waals surface area (Å²) >= 11 is 0.823. The summed E-state index contributed by atoms with van der Waals surface area (Å²) in [4.78, 5) is 31.8. The zero-order valence-corrected chi connectivity index (χ0v) is 7.21. The molecule has 0 aromatic carbocycles. The van der Waals surface area contributed by atoms with Crippen LogP contribution < -0.4 is 5.32 Å². The number of carboxylic acid groups (broad SMARTS) is 2. The smallest absolute Gasteiger partial charge is 0.327 e. The van der Waals surface area contributed by atoms with Crippen LogP contribution in [0, 0.1) is 0 Å². The summed E-state index contributed by atoms with van der Waals surface area (Å²) in [5.74, 6) is -3.06. The van der Waals surface area contributed by atoms with E-state index >= 15 is 0 Å². The second kappa shape index (κ2) is 3.65. The van der Waals surface area contributed by atoms with Crippen LogP contribution in [-0.2, 0) is 14.4 Å². The summed E-state index contributed by atoms with van der Waals surface area (Å²) in [6, 6.07) is -0.979. The van der Waals surface area contributed by atoms with E-state index in [-0.39, 0.29) is 5.75 Å². The van der Waals surface area contributed by atoms with Crippen LogP contribution in [0.4, 0.5) is 0 Å². The second-order valence-corrected chi connectivity index (χ2v) is 3.59. The highest BCUT2D eigenvalue weighted by molar-refractivity contribution is 8.01. The SMILES string of the molecule is O=C(O)C1CSC(C(=O)O)C(=O)N1. The van der Waals surface area contributed by atoms with Gasteiger partial charge in [0.25, 0.3) is 0 Å². The zero-order valence-electron chi connectivity index (χ0n) is 6.39. The molecule has 1 saturated heterocycles. The summed E-state index contributed by atoms with van der Waals surface area (Å²) in [6.45, 7) is 0. The third kappa shape index (κ3) is 2.11. The van der Waals surface area contributed by atoms with Gasteiger partial charge in [0.2, 0.25) is 5.91 Å². The molecule has 1 aliphatic rings. The van der Waals surface area contributed by atoms with Gasteiger partial charge < -0.3 is 15.5 Å². The highest BCUT2D eigenvalue weighted by Crippen LogP contribution is 2.18. The van der Waals surface area contributed by atoms with Crippen LogP contribution >= 0.6 is 11.8 Å². The number of thioether (sulfide) groups is 1. The third-order valence-corrected chi connectivity index (χ3v) is 2.78. The van der Waals surface area contributed by atoms with Crippen molar-refractivity contribution in [2.75, 3.05) is 5.75 Å². The number of nitrogens with one attached hydrogen (secondary N) is 1. The molecular formula is C6H7NO5S. The Labute approximate surface area is 77.3 Å². The molecule has 0 aromatic heterocycles. The Hall–Kier alpha value is -1.24. The van der Waals surface area contributed by atoms with Crippen LogP contribution in [0.25, 0.3) is 0 Å². The molecule has 3 N–H and O–H groups in total. The Balaban J connectivity index is 2.62. The summed E-state index contributed by atoms with van der Waals surface area (Å²) < 4.78 is 0. The van der Waals surface area contributed by atoms with Crippen LogP contribution in [0.3, 0.4) is 0 Å². The van der Waals surface area contributed by atoms with Crippen molar-refractivity contribution < 1.29 is 24.6 Å². The number of hydrogen-bond acceptors (Lipinski definition) is 4. The van der Waals surface area contributed by atoms with Crippen molar-refractivity contribution in [3.05, 3.63) is 0 Å². The quantitative estimate of drug-likeness (QED) is 0.487. The molecular weight excluding hydrogens is 198 g/mol. The van der Waals surface area contributed by atoms with Gasteiger partial charge in [0.1, 0.15) is 6.04 Å². The van der Waals surface area contributed by atoms with Crippen molar-refractivity contribution in [2.24, 2.45) is 0 Å². The molecule has 1 fully saturated rings. The van der Waals surface area contributed by atoms with Gasteiger partial charge in [0.05, 0.1) is 0 Å². The summed E-state index contributed by atoms with van der Waals surface area (Å²) in [5, 5.41) is 17.9. The van der Waals surface area contributed by atoms with E-state index in [0.717, 1.165) is 11.8 Å². The maximum absolute atomic E-state index is 11.0. The topological polar surface area (TPSA) is 104 Å². The fourth-order valence-electron chi connectivity index (χ4n) is 0.874. The Kier molecular flexibility index (Phi) is 2.76. The van der Waals surface area contributed by atoms with E-state index in [1.807, 2.05) is 0 Å². The Morgan fingerprint density at radius 1 is 1.38 bits per heavy atom. The van der Waals surface area contributed by atoms with E-state index in [2.05, 4.69) is 5.32 Å². The van der Waals surface area contributed by atoms with Crippen molar-refractivity contribution >= 4 is 29.6 Å². The third-order valence-electron chi connectivity index (χ3n) is 1.51. The largest absolute Gasteiger partial charge is 0.480 e. The maximum atomic E-state index is 11.0. The molecule has 0 aliphatic carbocycles. The van der Waals surface area contributed by atoms with E-state index in [4.69, 9.17) is 10.2 Å². The molecule has 0 aromatic rings. The number of carbonyl (C=O) groups excluding carboxylic acids is 1. The first-order chi connectivity index (χ1) is 6.02. The average molecular weight is 205 g/mol. The molecule has 72 valence electrons. The highest BCUT2D eigenvalue weighted by atomic mass is 32.2. The monoisotopic (exact) mass is 205 g/mol. The minimum atomic E-state index is -1.24. The molecule has 0 radical (unpaired) electrons. The number of carboxylic acids is 2. The van der Waals surface area contributed by atoms with Gasteiger partial charge in [-0.3, -0.25) is 9.59 Å². The van der Waals surface area contributed by atoms with Gasteiger partial charge in [-0.2, -0.15) is 0 Å². The molecule has 0 bridgehead atoms. The van der Waals surface area contributed by atoms with Crippen molar-refractivity contribution in [3.8, 4) is 0 Å². The van der Waals surface area contributed by atoms with Crippen molar-refractivity contribution in [3.63, 3.8) is 0 Å². The van der Waals surface area contributed by atoms with Crippen molar-refractivity contribution in [1.29, 1.82) is 0 Å². The minimum absolute atomic E-state index is 0.0814. The lowest BCUT2D eigenvalue weighted by Crippen LogP contribution is -2.52. The fourth-order valence-corrected chi connectivity index (χ4v) is 1.85. The zero-order chi connectivity index (χ0) is 10.0. The molecule has 6 nitrogen and oxygen atoms in total. The van der Waals surface area contributed by atoms with Gasteiger partial charge in [0, 0.05) is 5.75 Å². The first-order valence-corrected chi connectivity index (χ1v) is 4.45. The van der Waals surface area contributed by atoms with E-state index in [0.29, 0.717) is 0 Å². The number of carbonyl (C=O) groups is 3. The molecule has 13 heavy (non-hydrogen) atoms. The summed E-state index contributed by atoms with van der Waals surface area (Å²) in [6.07, 6.45) is 0.